The standard InChI is InChI=1S/C16H19F2NS/c1-4-8-19-15(16-11(3)7-9-20-16)12-6-5-10(2)13(17)14(12)18/h5-7,9,15,19H,4,8H2,1-3H3. The number of halogens is 2. The van der Waals surface area contributed by atoms with Crippen molar-refractivity contribution in [1.82, 2.24) is 5.32 Å². The van der Waals surface area contributed by atoms with Gasteiger partial charge in [0, 0.05) is 10.4 Å². The number of benzene rings is 1. The first-order valence-electron chi connectivity index (χ1n) is 6.78. The van der Waals surface area contributed by atoms with Crippen LogP contribution in [0, 0.1) is 25.5 Å². The third-order valence-corrected chi connectivity index (χ3v) is 4.46. The molecule has 108 valence electrons. The number of nitrogens with one attached hydrogen (secondary N) is 1. The van der Waals surface area contributed by atoms with Gasteiger partial charge < -0.3 is 5.32 Å². The van der Waals surface area contributed by atoms with Crippen LogP contribution >= 0.6 is 11.3 Å². The van der Waals surface area contributed by atoms with Gasteiger partial charge in [0.05, 0.1) is 6.04 Å². The lowest BCUT2D eigenvalue weighted by atomic mass is 10.0. The predicted octanol–water partition coefficient (Wildman–Crippen LogP) is 4.73. The molecule has 1 aromatic heterocycles. The van der Waals surface area contributed by atoms with Gasteiger partial charge >= 0.3 is 0 Å². The maximum atomic E-state index is 14.3. The molecule has 0 aliphatic rings. The van der Waals surface area contributed by atoms with Gasteiger partial charge in [-0.25, -0.2) is 8.78 Å². The first-order chi connectivity index (χ1) is 9.56. The average Bonchev–Trinajstić information content (AvgIpc) is 2.85. The Hall–Kier alpha value is -1.26. The Morgan fingerprint density at radius 3 is 2.45 bits per heavy atom. The largest absolute Gasteiger partial charge is 0.305 e. The molecule has 0 bridgehead atoms. The number of hydrogen-bond acceptors (Lipinski definition) is 2. The van der Waals surface area contributed by atoms with Crippen molar-refractivity contribution in [3.63, 3.8) is 0 Å². The minimum Gasteiger partial charge on any atom is -0.305 e. The van der Waals surface area contributed by atoms with Crippen molar-refractivity contribution in [2.24, 2.45) is 0 Å². The van der Waals surface area contributed by atoms with Crippen molar-refractivity contribution >= 4 is 11.3 Å². The van der Waals surface area contributed by atoms with E-state index in [1.807, 2.05) is 18.4 Å². The zero-order valence-electron chi connectivity index (χ0n) is 12.0. The topological polar surface area (TPSA) is 12.0 Å². The zero-order chi connectivity index (χ0) is 14.7. The van der Waals surface area contributed by atoms with Crippen LogP contribution in [0.4, 0.5) is 8.78 Å². The van der Waals surface area contributed by atoms with Gasteiger partial charge in [0.1, 0.15) is 0 Å². The highest BCUT2D eigenvalue weighted by molar-refractivity contribution is 7.10. The second-order valence-electron chi connectivity index (χ2n) is 4.95. The fourth-order valence-corrected chi connectivity index (χ4v) is 3.22. The minimum absolute atomic E-state index is 0.287. The molecule has 1 N–H and O–H groups in total. The van der Waals surface area contributed by atoms with E-state index in [9.17, 15) is 8.78 Å². The Balaban J connectivity index is 2.47. The summed E-state index contributed by atoms with van der Waals surface area (Å²) in [6.45, 7) is 6.39. The van der Waals surface area contributed by atoms with Crippen molar-refractivity contribution in [1.29, 1.82) is 0 Å². The maximum Gasteiger partial charge on any atom is 0.164 e. The van der Waals surface area contributed by atoms with Crippen molar-refractivity contribution in [2.75, 3.05) is 6.54 Å². The Morgan fingerprint density at radius 2 is 1.85 bits per heavy atom. The van der Waals surface area contributed by atoms with Crippen molar-refractivity contribution < 1.29 is 8.78 Å². The molecular formula is C16H19F2NS. The summed E-state index contributed by atoms with van der Waals surface area (Å²) in [4.78, 5) is 1.04. The third-order valence-electron chi connectivity index (χ3n) is 3.38. The molecule has 1 heterocycles. The fraction of sp³-hybridized carbons (Fsp3) is 0.375. The number of thiophene rings is 1. The van der Waals surface area contributed by atoms with Crippen LogP contribution in [0.2, 0.25) is 0 Å². The summed E-state index contributed by atoms with van der Waals surface area (Å²) in [6, 6.07) is 5.03. The van der Waals surface area contributed by atoms with Crippen LogP contribution in [0.3, 0.4) is 0 Å². The van der Waals surface area contributed by atoms with Gasteiger partial charge in [0.25, 0.3) is 0 Å². The third kappa shape index (κ3) is 2.91. The predicted molar refractivity (Wildman–Crippen MR) is 80.3 cm³/mol. The molecule has 2 rings (SSSR count). The number of hydrogen-bond donors (Lipinski definition) is 1. The fourth-order valence-electron chi connectivity index (χ4n) is 2.20. The minimum atomic E-state index is -0.750. The molecule has 1 nitrogen and oxygen atoms in total. The summed E-state index contributed by atoms with van der Waals surface area (Å²) < 4.78 is 28.1. The van der Waals surface area contributed by atoms with E-state index in [0.717, 1.165) is 23.4 Å². The van der Waals surface area contributed by atoms with Crippen LogP contribution in [-0.4, -0.2) is 6.54 Å². The Morgan fingerprint density at radius 1 is 1.10 bits per heavy atom. The first-order valence-corrected chi connectivity index (χ1v) is 7.66. The molecule has 20 heavy (non-hydrogen) atoms. The summed E-state index contributed by atoms with van der Waals surface area (Å²) in [5.74, 6) is -1.49. The molecule has 1 atom stereocenters. The number of aryl methyl sites for hydroxylation is 2. The Bertz CT molecular complexity index is 592. The van der Waals surface area contributed by atoms with Crippen molar-refractivity contribution in [3.8, 4) is 0 Å². The lowest BCUT2D eigenvalue weighted by Crippen LogP contribution is -2.24. The molecule has 0 fully saturated rings. The summed E-state index contributed by atoms with van der Waals surface area (Å²) in [7, 11) is 0. The van der Waals surface area contributed by atoms with Crippen LogP contribution in [0.1, 0.15) is 41.0 Å². The monoisotopic (exact) mass is 295 g/mol. The second kappa shape index (κ2) is 6.46. The lowest BCUT2D eigenvalue weighted by Gasteiger charge is -2.20. The molecule has 4 heteroatoms. The molecule has 0 saturated heterocycles. The quantitative estimate of drug-likeness (QED) is 0.840. The van der Waals surface area contributed by atoms with E-state index in [-0.39, 0.29) is 6.04 Å². The molecule has 0 amide bonds. The van der Waals surface area contributed by atoms with Gasteiger partial charge in [-0.3, -0.25) is 0 Å². The molecule has 0 aliphatic carbocycles. The first kappa shape index (κ1) is 15.1. The highest BCUT2D eigenvalue weighted by atomic mass is 32.1. The SMILES string of the molecule is CCCNC(c1ccc(C)c(F)c1F)c1sccc1C. The lowest BCUT2D eigenvalue weighted by molar-refractivity contribution is 0.477. The molecule has 0 radical (unpaired) electrons. The van der Waals surface area contributed by atoms with Crippen molar-refractivity contribution in [3.05, 3.63) is 56.8 Å². The summed E-state index contributed by atoms with van der Waals surface area (Å²) >= 11 is 1.57. The van der Waals surface area contributed by atoms with Crippen LogP contribution in [0.15, 0.2) is 23.6 Å². The second-order valence-corrected chi connectivity index (χ2v) is 5.90. The van der Waals surface area contributed by atoms with E-state index in [4.69, 9.17) is 0 Å². The van der Waals surface area contributed by atoms with E-state index < -0.39 is 11.6 Å². The van der Waals surface area contributed by atoms with Gasteiger partial charge in [0.2, 0.25) is 0 Å². The van der Waals surface area contributed by atoms with E-state index in [0.29, 0.717) is 11.1 Å². The van der Waals surface area contributed by atoms with Gasteiger partial charge in [-0.2, -0.15) is 0 Å². The van der Waals surface area contributed by atoms with Gasteiger partial charge in [-0.15, -0.1) is 11.3 Å². The maximum absolute atomic E-state index is 14.3. The summed E-state index contributed by atoms with van der Waals surface area (Å²) in [6.07, 6.45) is 0.941. The zero-order valence-corrected chi connectivity index (χ0v) is 12.8. The van der Waals surface area contributed by atoms with Crippen LogP contribution in [-0.2, 0) is 0 Å². The van der Waals surface area contributed by atoms with E-state index in [1.165, 1.54) is 0 Å². The molecule has 1 aromatic carbocycles. The molecular weight excluding hydrogens is 276 g/mol. The average molecular weight is 295 g/mol. The molecule has 1 unspecified atom stereocenters. The van der Waals surface area contributed by atoms with Gasteiger partial charge in [0.15, 0.2) is 11.6 Å². The van der Waals surface area contributed by atoms with Crippen molar-refractivity contribution in [2.45, 2.75) is 33.2 Å². The Kier molecular flexibility index (Phi) is 4.89. The summed E-state index contributed by atoms with van der Waals surface area (Å²) in [5, 5.41) is 5.30. The molecule has 2 aromatic rings. The smallest absolute Gasteiger partial charge is 0.164 e. The normalized spacial score (nSPS) is 12.7. The van der Waals surface area contributed by atoms with E-state index >= 15 is 0 Å². The highest BCUT2D eigenvalue weighted by Gasteiger charge is 2.22. The molecule has 0 spiro atoms. The Labute approximate surface area is 122 Å². The van der Waals surface area contributed by atoms with Crippen LogP contribution in [0.5, 0.6) is 0 Å². The van der Waals surface area contributed by atoms with E-state index in [2.05, 4.69) is 12.2 Å². The highest BCUT2D eigenvalue weighted by Crippen LogP contribution is 2.32. The van der Waals surface area contributed by atoms with E-state index in [1.54, 1.807) is 30.4 Å². The van der Waals surface area contributed by atoms with Gasteiger partial charge in [-0.1, -0.05) is 19.1 Å². The van der Waals surface area contributed by atoms with Crippen LogP contribution < -0.4 is 5.32 Å². The molecule has 0 saturated carbocycles. The molecule has 0 aliphatic heterocycles. The van der Waals surface area contributed by atoms with Crippen LogP contribution in [0.25, 0.3) is 0 Å². The summed E-state index contributed by atoms with van der Waals surface area (Å²) in [5.41, 5.74) is 1.82. The van der Waals surface area contributed by atoms with Gasteiger partial charge in [-0.05, 0) is 49.4 Å². The number of rotatable bonds is 5.